The van der Waals surface area contributed by atoms with Crippen LogP contribution in [0.1, 0.15) is 62.1 Å². The zero-order valence-corrected chi connectivity index (χ0v) is 25.6. The van der Waals surface area contributed by atoms with Gasteiger partial charge in [0.2, 0.25) is 5.91 Å². The van der Waals surface area contributed by atoms with Crippen molar-refractivity contribution in [2.75, 3.05) is 55.7 Å². The minimum Gasteiger partial charge on any atom is -0.462 e. The number of ether oxygens (including phenoxy) is 1. The minimum atomic E-state index is -2.86. The number of aromatic nitrogens is 2. The molecule has 2 fully saturated rings. The van der Waals surface area contributed by atoms with E-state index < -0.39 is 18.1 Å². The van der Waals surface area contributed by atoms with Gasteiger partial charge in [-0.05, 0) is 49.6 Å². The number of esters is 1. The van der Waals surface area contributed by atoms with Crippen LogP contribution in [0.25, 0.3) is 11.1 Å². The molecule has 1 aromatic heterocycles. The van der Waals surface area contributed by atoms with E-state index in [1.165, 1.54) is 10.9 Å². The summed E-state index contributed by atoms with van der Waals surface area (Å²) in [7, 11) is 0. The number of alkyl halides is 2. The van der Waals surface area contributed by atoms with Crippen molar-refractivity contribution in [3.8, 4) is 11.1 Å². The van der Waals surface area contributed by atoms with Crippen LogP contribution in [0.2, 0.25) is 5.02 Å². The highest BCUT2D eigenvalue weighted by atomic mass is 35.5. The highest BCUT2D eigenvalue weighted by Crippen LogP contribution is 2.38. The molecule has 8 nitrogen and oxygen atoms in total. The van der Waals surface area contributed by atoms with Crippen LogP contribution in [0.15, 0.2) is 48.7 Å². The van der Waals surface area contributed by atoms with Crippen LogP contribution in [-0.4, -0.2) is 72.4 Å². The summed E-state index contributed by atoms with van der Waals surface area (Å²) >= 11 is 6.46. The van der Waals surface area contributed by atoms with Crippen molar-refractivity contribution in [2.24, 2.45) is 5.92 Å². The number of hydrogen-bond acceptors (Lipinski definition) is 6. The lowest BCUT2D eigenvalue weighted by Crippen LogP contribution is -2.49. The number of amides is 1. The van der Waals surface area contributed by atoms with Gasteiger partial charge in [-0.1, -0.05) is 43.6 Å². The second kappa shape index (κ2) is 13.3. The number of hydrogen-bond donors (Lipinski definition) is 0. The normalized spacial score (nSPS) is 17.6. The highest BCUT2D eigenvalue weighted by Gasteiger charge is 2.32. The zero-order chi connectivity index (χ0) is 30.7. The number of carbonyl (C=O) groups excluding carboxylic acids is 2. The van der Waals surface area contributed by atoms with E-state index in [1.54, 1.807) is 6.92 Å². The van der Waals surface area contributed by atoms with Crippen molar-refractivity contribution >= 4 is 34.9 Å². The van der Waals surface area contributed by atoms with Gasteiger partial charge in [0, 0.05) is 67.1 Å². The molecule has 0 spiro atoms. The molecular weight excluding hydrogens is 576 g/mol. The molecule has 3 heterocycles. The second-order valence-electron chi connectivity index (χ2n) is 11.3. The van der Waals surface area contributed by atoms with Crippen LogP contribution in [0, 0.1) is 5.92 Å². The Labute approximate surface area is 256 Å². The Morgan fingerprint density at radius 3 is 2.40 bits per heavy atom. The first-order valence-corrected chi connectivity index (χ1v) is 15.3. The summed E-state index contributed by atoms with van der Waals surface area (Å²) in [4.78, 5) is 31.1. The summed E-state index contributed by atoms with van der Waals surface area (Å²) in [6, 6.07) is 13.8. The molecule has 3 aromatic rings. The van der Waals surface area contributed by atoms with Gasteiger partial charge < -0.3 is 19.4 Å². The molecule has 1 atom stereocenters. The highest BCUT2D eigenvalue weighted by molar-refractivity contribution is 6.31. The molecule has 1 amide bonds. The van der Waals surface area contributed by atoms with Crippen molar-refractivity contribution in [3.63, 3.8) is 0 Å². The standard InChI is InChI=1S/C32H38ClF2N5O3/c1-4-43-32(42)27-19-36-40(29(27)30(34)35)25-6-5-13-39(20-25)28-18-23(33)9-12-26(28)22-7-10-24(11-8-22)37-14-16-38(17-15-37)31(41)21(2)3/h7-12,18-19,21,25,30H,4-6,13-17,20H2,1-3H3. The van der Waals surface area contributed by atoms with Gasteiger partial charge in [-0.3, -0.25) is 9.48 Å². The van der Waals surface area contributed by atoms with Crippen LogP contribution in [-0.2, 0) is 9.53 Å². The lowest BCUT2D eigenvalue weighted by Gasteiger charge is -2.37. The number of carbonyl (C=O) groups is 2. The molecule has 2 aliphatic rings. The minimum absolute atomic E-state index is 0.00237. The van der Waals surface area contributed by atoms with Crippen molar-refractivity contribution in [2.45, 2.75) is 46.1 Å². The summed E-state index contributed by atoms with van der Waals surface area (Å²) in [5, 5.41) is 4.81. The number of nitrogens with zero attached hydrogens (tertiary/aromatic N) is 5. The molecule has 43 heavy (non-hydrogen) atoms. The quantitative estimate of drug-likeness (QED) is 0.272. The maximum Gasteiger partial charge on any atom is 0.341 e. The van der Waals surface area contributed by atoms with E-state index in [-0.39, 0.29) is 30.0 Å². The van der Waals surface area contributed by atoms with Crippen LogP contribution >= 0.6 is 11.6 Å². The Hall–Kier alpha value is -3.66. The number of halogens is 3. The number of anilines is 2. The second-order valence-corrected chi connectivity index (χ2v) is 11.8. The van der Waals surface area contributed by atoms with E-state index in [0.29, 0.717) is 31.1 Å². The number of rotatable bonds is 8. The predicted octanol–water partition coefficient (Wildman–Crippen LogP) is 6.46. The van der Waals surface area contributed by atoms with Gasteiger partial charge in [0.1, 0.15) is 11.3 Å². The monoisotopic (exact) mass is 613 g/mol. The van der Waals surface area contributed by atoms with Gasteiger partial charge in [-0.15, -0.1) is 0 Å². The summed E-state index contributed by atoms with van der Waals surface area (Å²) in [6.45, 7) is 9.75. The van der Waals surface area contributed by atoms with Gasteiger partial charge in [0.25, 0.3) is 6.43 Å². The van der Waals surface area contributed by atoms with E-state index in [0.717, 1.165) is 48.6 Å². The van der Waals surface area contributed by atoms with Crippen LogP contribution in [0.4, 0.5) is 20.2 Å². The lowest BCUT2D eigenvalue weighted by atomic mass is 9.99. The molecule has 0 radical (unpaired) electrons. The molecule has 11 heteroatoms. The van der Waals surface area contributed by atoms with Gasteiger partial charge in [-0.25, -0.2) is 13.6 Å². The first kappa shape index (κ1) is 30.8. The number of piperidine rings is 1. The van der Waals surface area contributed by atoms with Gasteiger partial charge in [-0.2, -0.15) is 5.10 Å². The Balaban J connectivity index is 1.35. The van der Waals surface area contributed by atoms with Gasteiger partial charge in [0.15, 0.2) is 0 Å². The van der Waals surface area contributed by atoms with Crippen molar-refractivity contribution < 1.29 is 23.1 Å². The molecule has 0 saturated carbocycles. The van der Waals surface area contributed by atoms with Crippen LogP contribution in [0.5, 0.6) is 0 Å². The molecule has 2 aliphatic heterocycles. The van der Waals surface area contributed by atoms with Crippen LogP contribution < -0.4 is 9.80 Å². The Morgan fingerprint density at radius 1 is 1.02 bits per heavy atom. The van der Waals surface area contributed by atoms with E-state index in [9.17, 15) is 18.4 Å². The molecule has 2 aromatic carbocycles. The van der Waals surface area contributed by atoms with Gasteiger partial charge >= 0.3 is 5.97 Å². The van der Waals surface area contributed by atoms with Crippen molar-refractivity contribution in [1.82, 2.24) is 14.7 Å². The SMILES string of the molecule is CCOC(=O)c1cnn(C2CCCN(c3cc(Cl)ccc3-c3ccc(N4CCN(C(=O)C(C)C)CC4)cc3)C2)c1C(F)F. The third-order valence-electron chi connectivity index (χ3n) is 8.21. The zero-order valence-electron chi connectivity index (χ0n) is 24.8. The first-order valence-electron chi connectivity index (χ1n) is 14.9. The predicted molar refractivity (Wildman–Crippen MR) is 164 cm³/mol. The maximum absolute atomic E-state index is 14.2. The van der Waals surface area contributed by atoms with E-state index in [1.807, 2.05) is 36.9 Å². The Kier molecular flexibility index (Phi) is 9.54. The molecule has 0 aliphatic carbocycles. The summed E-state index contributed by atoms with van der Waals surface area (Å²) < 4.78 is 34.6. The lowest BCUT2D eigenvalue weighted by molar-refractivity contribution is -0.134. The Morgan fingerprint density at radius 2 is 1.74 bits per heavy atom. The summed E-state index contributed by atoms with van der Waals surface area (Å²) in [6.07, 6.45) is -0.262. The smallest absolute Gasteiger partial charge is 0.341 e. The number of piperazine rings is 1. The fourth-order valence-electron chi connectivity index (χ4n) is 6.03. The topological polar surface area (TPSA) is 70.9 Å². The van der Waals surface area contributed by atoms with Gasteiger partial charge in [0.05, 0.1) is 18.8 Å². The largest absolute Gasteiger partial charge is 0.462 e. The molecule has 2 saturated heterocycles. The molecule has 230 valence electrons. The van der Waals surface area contributed by atoms with E-state index in [2.05, 4.69) is 39.2 Å². The average Bonchev–Trinajstić information content (AvgIpc) is 3.47. The first-order chi connectivity index (χ1) is 20.7. The molecule has 5 rings (SSSR count). The fourth-order valence-corrected chi connectivity index (χ4v) is 6.20. The molecule has 1 unspecified atom stereocenters. The third-order valence-corrected chi connectivity index (χ3v) is 8.44. The molecule has 0 N–H and O–H groups in total. The fraction of sp³-hybridized carbons (Fsp3) is 0.469. The summed E-state index contributed by atoms with van der Waals surface area (Å²) in [5.41, 5.74) is 3.44. The molecule has 0 bridgehead atoms. The van der Waals surface area contributed by atoms with E-state index >= 15 is 0 Å². The average molecular weight is 614 g/mol. The van der Waals surface area contributed by atoms with Crippen LogP contribution in [0.3, 0.4) is 0 Å². The third kappa shape index (κ3) is 6.64. The number of benzene rings is 2. The molecular formula is C32H38ClF2N5O3. The van der Waals surface area contributed by atoms with Crippen molar-refractivity contribution in [3.05, 3.63) is 64.9 Å². The van der Waals surface area contributed by atoms with E-state index in [4.69, 9.17) is 16.3 Å². The Bertz CT molecular complexity index is 1440. The summed E-state index contributed by atoms with van der Waals surface area (Å²) in [5.74, 6) is -0.589. The van der Waals surface area contributed by atoms with Crippen molar-refractivity contribution in [1.29, 1.82) is 0 Å². The maximum atomic E-state index is 14.2.